The summed E-state index contributed by atoms with van der Waals surface area (Å²) in [6.07, 6.45) is 1.17. The number of hydrogen-bond donors (Lipinski definition) is 2. The molecule has 0 aromatic heterocycles. The van der Waals surface area contributed by atoms with Gasteiger partial charge in [-0.15, -0.1) is 0 Å². The van der Waals surface area contributed by atoms with Crippen molar-refractivity contribution >= 4 is 5.91 Å². The monoisotopic (exact) mass is 214 g/mol. The summed E-state index contributed by atoms with van der Waals surface area (Å²) in [5, 5.41) is 6.17. The van der Waals surface area contributed by atoms with Gasteiger partial charge in [0.05, 0.1) is 18.6 Å². The van der Waals surface area contributed by atoms with E-state index in [0.29, 0.717) is 19.2 Å². The minimum absolute atomic E-state index is 0.129. The third kappa shape index (κ3) is 4.18. The molecule has 1 aliphatic heterocycles. The van der Waals surface area contributed by atoms with Crippen LogP contribution in [-0.4, -0.2) is 37.7 Å². The van der Waals surface area contributed by atoms with Gasteiger partial charge in [-0.2, -0.15) is 0 Å². The lowest BCUT2D eigenvalue weighted by Crippen LogP contribution is -2.38. The molecule has 15 heavy (non-hydrogen) atoms. The van der Waals surface area contributed by atoms with Gasteiger partial charge in [0.1, 0.15) is 0 Å². The Kier molecular flexibility index (Phi) is 5.05. The second-order valence-corrected chi connectivity index (χ2v) is 4.35. The molecule has 0 saturated carbocycles. The van der Waals surface area contributed by atoms with E-state index in [2.05, 4.69) is 17.6 Å². The Bertz CT molecular complexity index is 207. The molecule has 1 fully saturated rings. The molecular weight excluding hydrogens is 192 g/mol. The van der Waals surface area contributed by atoms with Gasteiger partial charge in [-0.1, -0.05) is 0 Å². The smallest absolute Gasteiger partial charge is 0.224 e. The highest BCUT2D eigenvalue weighted by Gasteiger charge is 2.28. The Labute approximate surface area is 91.8 Å². The minimum Gasteiger partial charge on any atom is -0.377 e. The molecule has 1 aliphatic rings. The maximum atomic E-state index is 11.7. The first kappa shape index (κ1) is 12.5. The van der Waals surface area contributed by atoms with Crippen LogP contribution < -0.4 is 10.6 Å². The van der Waals surface area contributed by atoms with Crippen LogP contribution in [0.2, 0.25) is 0 Å². The van der Waals surface area contributed by atoms with Crippen LogP contribution in [-0.2, 0) is 9.53 Å². The van der Waals surface area contributed by atoms with Crippen molar-refractivity contribution < 1.29 is 9.53 Å². The average molecular weight is 214 g/mol. The molecule has 2 atom stereocenters. The Morgan fingerprint density at radius 1 is 1.60 bits per heavy atom. The second kappa shape index (κ2) is 6.08. The Morgan fingerprint density at radius 3 is 2.87 bits per heavy atom. The molecule has 1 rings (SSSR count). The number of amides is 1. The fourth-order valence-corrected chi connectivity index (χ4v) is 1.82. The van der Waals surface area contributed by atoms with Crippen LogP contribution in [0, 0.1) is 5.92 Å². The van der Waals surface area contributed by atoms with Gasteiger partial charge < -0.3 is 15.4 Å². The van der Waals surface area contributed by atoms with Gasteiger partial charge in [0.15, 0.2) is 0 Å². The van der Waals surface area contributed by atoms with Gasteiger partial charge in [-0.25, -0.2) is 0 Å². The molecule has 0 radical (unpaired) electrons. The van der Waals surface area contributed by atoms with E-state index in [1.165, 1.54) is 0 Å². The zero-order valence-corrected chi connectivity index (χ0v) is 9.88. The van der Waals surface area contributed by atoms with Crippen LogP contribution in [0.3, 0.4) is 0 Å². The molecule has 2 unspecified atom stereocenters. The van der Waals surface area contributed by atoms with Crippen molar-refractivity contribution in [3.8, 4) is 0 Å². The third-order valence-corrected chi connectivity index (χ3v) is 2.71. The van der Waals surface area contributed by atoms with Gasteiger partial charge in [0.25, 0.3) is 0 Å². The van der Waals surface area contributed by atoms with Crippen LogP contribution in [0.4, 0.5) is 0 Å². The van der Waals surface area contributed by atoms with Gasteiger partial charge in [0, 0.05) is 12.6 Å². The molecule has 1 saturated heterocycles. The molecule has 1 amide bonds. The summed E-state index contributed by atoms with van der Waals surface area (Å²) >= 11 is 0. The largest absolute Gasteiger partial charge is 0.377 e. The molecule has 0 bridgehead atoms. The summed E-state index contributed by atoms with van der Waals surface area (Å²) < 4.78 is 5.35. The summed E-state index contributed by atoms with van der Waals surface area (Å²) in [4.78, 5) is 11.7. The Hall–Kier alpha value is -0.610. The summed E-state index contributed by atoms with van der Waals surface area (Å²) in [5.74, 6) is 0.281. The lowest BCUT2D eigenvalue weighted by molar-refractivity contribution is -0.125. The first-order chi connectivity index (χ1) is 7.11. The maximum Gasteiger partial charge on any atom is 0.224 e. The predicted molar refractivity (Wildman–Crippen MR) is 59.7 cm³/mol. The number of carbonyl (C=O) groups is 1. The van der Waals surface area contributed by atoms with E-state index in [-0.39, 0.29) is 17.9 Å². The molecule has 88 valence electrons. The van der Waals surface area contributed by atoms with Gasteiger partial charge in [0.2, 0.25) is 5.91 Å². The molecule has 0 aromatic carbocycles. The van der Waals surface area contributed by atoms with Crippen LogP contribution in [0.25, 0.3) is 0 Å². The van der Waals surface area contributed by atoms with Crippen molar-refractivity contribution in [2.45, 2.75) is 39.3 Å². The van der Waals surface area contributed by atoms with Crippen molar-refractivity contribution in [3.05, 3.63) is 0 Å². The Morgan fingerprint density at radius 2 is 2.33 bits per heavy atom. The molecule has 4 nitrogen and oxygen atoms in total. The number of nitrogens with one attached hydrogen (secondary N) is 2. The van der Waals surface area contributed by atoms with Gasteiger partial charge in [-0.3, -0.25) is 4.79 Å². The van der Waals surface area contributed by atoms with Crippen molar-refractivity contribution in [3.63, 3.8) is 0 Å². The lowest BCUT2D eigenvalue weighted by Gasteiger charge is -2.15. The van der Waals surface area contributed by atoms with Gasteiger partial charge in [-0.05, 0) is 33.7 Å². The zero-order valence-electron chi connectivity index (χ0n) is 9.88. The molecule has 1 heterocycles. The normalized spacial score (nSPS) is 25.9. The van der Waals surface area contributed by atoms with E-state index in [4.69, 9.17) is 4.74 Å². The SMILES string of the molecule is CC(C)OCCNC(=O)C1CCNC1C. The average Bonchev–Trinajstić information content (AvgIpc) is 2.58. The summed E-state index contributed by atoms with van der Waals surface area (Å²) in [6.45, 7) is 8.19. The first-order valence-electron chi connectivity index (χ1n) is 5.74. The molecular formula is C11H22N2O2. The maximum absolute atomic E-state index is 11.7. The zero-order chi connectivity index (χ0) is 11.3. The van der Waals surface area contributed by atoms with E-state index in [9.17, 15) is 4.79 Å². The Balaban J connectivity index is 2.13. The van der Waals surface area contributed by atoms with Crippen LogP contribution in [0.5, 0.6) is 0 Å². The van der Waals surface area contributed by atoms with Crippen LogP contribution in [0.15, 0.2) is 0 Å². The molecule has 0 spiro atoms. The predicted octanol–water partition coefficient (Wildman–Crippen LogP) is 0.526. The third-order valence-electron chi connectivity index (χ3n) is 2.71. The van der Waals surface area contributed by atoms with Gasteiger partial charge >= 0.3 is 0 Å². The molecule has 0 aromatic rings. The van der Waals surface area contributed by atoms with E-state index in [1.807, 2.05) is 13.8 Å². The number of carbonyl (C=O) groups excluding carboxylic acids is 1. The van der Waals surface area contributed by atoms with E-state index >= 15 is 0 Å². The topological polar surface area (TPSA) is 50.4 Å². The standard InChI is InChI=1S/C11H22N2O2/c1-8(2)15-7-6-13-11(14)10-4-5-12-9(10)3/h8-10,12H,4-7H2,1-3H3,(H,13,14). The highest BCUT2D eigenvalue weighted by molar-refractivity contribution is 5.79. The summed E-state index contributed by atoms with van der Waals surface area (Å²) in [6, 6.07) is 0.302. The first-order valence-corrected chi connectivity index (χ1v) is 5.74. The van der Waals surface area contributed by atoms with E-state index < -0.39 is 0 Å². The van der Waals surface area contributed by atoms with Crippen molar-refractivity contribution in [2.24, 2.45) is 5.92 Å². The van der Waals surface area contributed by atoms with E-state index in [0.717, 1.165) is 13.0 Å². The molecule has 0 aliphatic carbocycles. The lowest BCUT2D eigenvalue weighted by atomic mass is 10.0. The summed E-state index contributed by atoms with van der Waals surface area (Å²) in [7, 11) is 0. The number of ether oxygens (including phenoxy) is 1. The van der Waals surface area contributed by atoms with Crippen molar-refractivity contribution in [1.82, 2.24) is 10.6 Å². The fourth-order valence-electron chi connectivity index (χ4n) is 1.82. The molecule has 4 heteroatoms. The fraction of sp³-hybridized carbons (Fsp3) is 0.909. The van der Waals surface area contributed by atoms with Crippen LogP contribution in [0.1, 0.15) is 27.2 Å². The van der Waals surface area contributed by atoms with Crippen LogP contribution >= 0.6 is 0 Å². The summed E-state index contributed by atoms with van der Waals surface area (Å²) in [5.41, 5.74) is 0. The number of rotatable bonds is 5. The van der Waals surface area contributed by atoms with Crippen molar-refractivity contribution in [1.29, 1.82) is 0 Å². The minimum atomic E-state index is 0.129. The highest BCUT2D eigenvalue weighted by Crippen LogP contribution is 2.14. The molecule has 2 N–H and O–H groups in total. The quantitative estimate of drug-likeness (QED) is 0.656. The second-order valence-electron chi connectivity index (χ2n) is 4.35. The number of hydrogen-bond acceptors (Lipinski definition) is 3. The highest BCUT2D eigenvalue weighted by atomic mass is 16.5. The van der Waals surface area contributed by atoms with E-state index in [1.54, 1.807) is 0 Å². The van der Waals surface area contributed by atoms with Crippen molar-refractivity contribution in [2.75, 3.05) is 19.7 Å².